The van der Waals surface area contributed by atoms with E-state index in [4.69, 9.17) is 5.14 Å². The predicted octanol–water partition coefficient (Wildman–Crippen LogP) is -1.49. The molecule has 1 aromatic rings. The van der Waals surface area contributed by atoms with Crippen LogP contribution in [0.15, 0.2) is 9.33 Å². The second kappa shape index (κ2) is 6.04. The highest BCUT2D eigenvalue weighted by Crippen LogP contribution is 2.04. The number of carbonyl (C=O) groups excluding carboxylic acids is 2. The van der Waals surface area contributed by atoms with Crippen LogP contribution in [0.2, 0.25) is 0 Å². The molecular formula is C8H12N4O5S2. The van der Waals surface area contributed by atoms with Gasteiger partial charge < -0.3 is 4.74 Å². The summed E-state index contributed by atoms with van der Waals surface area (Å²) in [5, 5.41) is 8.54. The molecule has 1 amide bonds. The van der Waals surface area contributed by atoms with E-state index in [2.05, 4.69) is 14.8 Å². The van der Waals surface area contributed by atoms with Crippen LogP contribution in [-0.2, 0) is 31.4 Å². The van der Waals surface area contributed by atoms with Gasteiger partial charge in [0.25, 0.3) is 10.0 Å². The molecule has 0 saturated carbocycles. The first-order valence-corrected chi connectivity index (χ1v) is 7.31. The van der Waals surface area contributed by atoms with E-state index in [0.717, 1.165) is 4.68 Å². The lowest BCUT2D eigenvalue weighted by Gasteiger charge is -1.94. The van der Waals surface area contributed by atoms with E-state index in [-0.39, 0.29) is 22.0 Å². The van der Waals surface area contributed by atoms with Gasteiger partial charge in [0.2, 0.25) is 15.0 Å². The molecule has 1 rings (SSSR count). The molecule has 0 unspecified atom stereocenters. The van der Waals surface area contributed by atoms with Crippen molar-refractivity contribution in [3.63, 3.8) is 0 Å². The first kappa shape index (κ1) is 15.5. The summed E-state index contributed by atoms with van der Waals surface area (Å²) in [5.41, 5.74) is 0. The van der Waals surface area contributed by atoms with Gasteiger partial charge in [0.15, 0.2) is 0 Å². The van der Waals surface area contributed by atoms with Crippen molar-refractivity contribution in [1.29, 1.82) is 0 Å². The normalized spacial score (nSPS) is 12.5. The largest absolute Gasteiger partial charge is 0.469 e. The van der Waals surface area contributed by atoms with E-state index < -0.39 is 21.9 Å². The summed E-state index contributed by atoms with van der Waals surface area (Å²) in [6.45, 7) is 0. The van der Waals surface area contributed by atoms with E-state index in [9.17, 15) is 18.0 Å². The van der Waals surface area contributed by atoms with E-state index in [1.807, 2.05) is 0 Å². The number of rotatable bonds is 4. The molecule has 106 valence electrons. The quantitative estimate of drug-likeness (QED) is 0.673. The number of primary sulfonamides is 1. The lowest BCUT2D eigenvalue weighted by Crippen LogP contribution is -2.15. The van der Waals surface area contributed by atoms with Crippen molar-refractivity contribution in [2.24, 2.45) is 17.2 Å². The van der Waals surface area contributed by atoms with Crippen LogP contribution in [0.3, 0.4) is 0 Å². The number of amides is 1. The monoisotopic (exact) mass is 308 g/mol. The van der Waals surface area contributed by atoms with Gasteiger partial charge in [-0.1, -0.05) is 11.3 Å². The Bertz CT molecular complexity index is 657. The summed E-state index contributed by atoms with van der Waals surface area (Å²) in [5.74, 6) is -1.10. The van der Waals surface area contributed by atoms with Gasteiger partial charge >= 0.3 is 5.97 Å². The molecule has 0 radical (unpaired) electrons. The van der Waals surface area contributed by atoms with Crippen molar-refractivity contribution in [2.75, 3.05) is 7.11 Å². The standard InChI is InChI=1S/C8H12N4O5S2/c1-12-7(18-8(11-12)19(9,15)16)10-5(13)3-4-6(14)17-2/h3-4H2,1-2H3,(H2,9,15,16). The Morgan fingerprint density at radius 1 is 1.47 bits per heavy atom. The van der Waals surface area contributed by atoms with Crippen LogP contribution in [0, 0.1) is 0 Å². The first-order valence-electron chi connectivity index (χ1n) is 4.95. The molecule has 0 saturated heterocycles. The third kappa shape index (κ3) is 4.54. The Kier molecular flexibility index (Phi) is 4.91. The Labute approximate surface area is 112 Å². The van der Waals surface area contributed by atoms with Crippen LogP contribution in [0.1, 0.15) is 12.8 Å². The van der Waals surface area contributed by atoms with E-state index in [1.54, 1.807) is 0 Å². The molecule has 0 aliphatic heterocycles. The Hall–Kier alpha value is -1.59. The minimum absolute atomic E-state index is 0.0823. The summed E-state index contributed by atoms with van der Waals surface area (Å²) in [4.78, 5) is 26.0. The molecule has 11 heteroatoms. The topological polar surface area (TPSA) is 134 Å². The van der Waals surface area contributed by atoms with Gasteiger partial charge in [-0.25, -0.2) is 18.2 Å². The zero-order chi connectivity index (χ0) is 14.6. The number of carbonyl (C=O) groups is 2. The summed E-state index contributed by atoms with van der Waals surface area (Å²) < 4.78 is 27.3. The van der Waals surface area contributed by atoms with Crippen molar-refractivity contribution in [2.45, 2.75) is 17.2 Å². The van der Waals surface area contributed by atoms with Crippen molar-refractivity contribution in [1.82, 2.24) is 9.78 Å². The number of esters is 1. The van der Waals surface area contributed by atoms with Gasteiger partial charge in [-0.3, -0.25) is 9.59 Å². The van der Waals surface area contributed by atoms with Crippen molar-refractivity contribution in [3.8, 4) is 0 Å². The molecule has 9 nitrogen and oxygen atoms in total. The SMILES string of the molecule is COC(=O)CCC(=O)N=c1sc(S(N)(=O)=O)nn1C. The third-order valence-corrected chi connectivity index (χ3v) is 4.23. The van der Waals surface area contributed by atoms with E-state index in [1.165, 1.54) is 14.2 Å². The van der Waals surface area contributed by atoms with Gasteiger partial charge in [-0.2, -0.15) is 4.99 Å². The van der Waals surface area contributed by atoms with Crippen LogP contribution in [0.5, 0.6) is 0 Å². The Balaban J connectivity index is 2.91. The number of ether oxygens (including phenoxy) is 1. The van der Waals surface area contributed by atoms with Gasteiger partial charge in [0.1, 0.15) is 0 Å². The third-order valence-electron chi connectivity index (χ3n) is 1.92. The Morgan fingerprint density at radius 2 is 2.11 bits per heavy atom. The molecule has 1 heterocycles. The summed E-state index contributed by atoms with van der Waals surface area (Å²) in [6, 6.07) is 0. The van der Waals surface area contributed by atoms with Gasteiger partial charge in [-0.15, -0.1) is 5.10 Å². The van der Waals surface area contributed by atoms with Crippen LogP contribution in [-0.4, -0.2) is 37.2 Å². The molecule has 0 fully saturated rings. The number of nitrogens with zero attached hydrogens (tertiary/aromatic N) is 3. The number of methoxy groups -OCH3 is 1. The fourth-order valence-electron chi connectivity index (χ4n) is 1.01. The predicted molar refractivity (Wildman–Crippen MR) is 64.3 cm³/mol. The average Bonchev–Trinajstić information content (AvgIpc) is 2.67. The number of hydrogen-bond donors (Lipinski definition) is 1. The molecule has 2 N–H and O–H groups in total. The van der Waals surface area contributed by atoms with Gasteiger partial charge in [-0.05, 0) is 0 Å². The fourth-order valence-corrected chi connectivity index (χ4v) is 2.58. The van der Waals surface area contributed by atoms with Crippen LogP contribution in [0.25, 0.3) is 0 Å². The minimum atomic E-state index is -3.93. The highest BCUT2D eigenvalue weighted by atomic mass is 32.2. The maximum Gasteiger partial charge on any atom is 0.306 e. The van der Waals surface area contributed by atoms with E-state index >= 15 is 0 Å². The summed E-state index contributed by atoms with van der Waals surface area (Å²) >= 11 is 0.670. The maximum absolute atomic E-state index is 11.5. The fraction of sp³-hybridized carbons (Fsp3) is 0.500. The number of aryl methyl sites for hydroxylation is 1. The molecule has 0 aromatic carbocycles. The molecule has 1 aromatic heterocycles. The average molecular weight is 308 g/mol. The maximum atomic E-state index is 11.5. The highest BCUT2D eigenvalue weighted by molar-refractivity contribution is 7.91. The molecule has 0 spiro atoms. The molecule has 0 atom stereocenters. The smallest absolute Gasteiger partial charge is 0.306 e. The number of hydrogen-bond acceptors (Lipinski definition) is 7. The summed E-state index contributed by atoms with van der Waals surface area (Å²) in [7, 11) is -1.29. The number of aromatic nitrogens is 2. The van der Waals surface area contributed by atoms with Crippen molar-refractivity contribution >= 4 is 33.2 Å². The van der Waals surface area contributed by atoms with Crippen molar-refractivity contribution in [3.05, 3.63) is 4.80 Å². The number of sulfonamides is 1. The zero-order valence-corrected chi connectivity index (χ0v) is 11.8. The van der Waals surface area contributed by atoms with Crippen molar-refractivity contribution < 1.29 is 22.7 Å². The van der Waals surface area contributed by atoms with Gasteiger partial charge in [0.05, 0.1) is 13.5 Å². The molecular weight excluding hydrogens is 296 g/mol. The Morgan fingerprint density at radius 3 is 2.58 bits per heavy atom. The zero-order valence-electron chi connectivity index (χ0n) is 10.2. The minimum Gasteiger partial charge on any atom is -0.469 e. The van der Waals surface area contributed by atoms with Crippen LogP contribution < -0.4 is 9.94 Å². The highest BCUT2D eigenvalue weighted by Gasteiger charge is 2.15. The molecule has 0 aliphatic carbocycles. The molecule has 0 bridgehead atoms. The van der Waals surface area contributed by atoms with E-state index in [0.29, 0.717) is 11.3 Å². The first-order chi connectivity index (χ1) is 8.74. The molecule has 19 heavy (non-hydrogen) atoms. The second-order valence-corrected chi connectivity index (χ2v) is 6.09. The second-order valence-electron chi connectivity index (χ2n) is 3.40. The lowest BCUT2D eigenvalue weighted by molar-refractivity contribution is -0.141. The van der Waals surface area contributed by atoms with Gasteiger partial charge in [0, 0.05) is 13.5 Å². The number of nitrogens with two attached hydrogens (primary N) is 1. The van der Waals surface area contributed by atoms with Crippen LogP contribution >= 0.6 is 11.3 Å². The summed E-state index contributed by atoms with van der Waals surface area (Å²) in [6.07, 6.45) is -0.224. The van der Waals surface area contributed by atoms with Crippen LogP contribution in [0.4, 0.5) is 0 Å². The lowest BCUT2D eigenvalue weighted by atomic mass is 10.3. The molecule has 0 aliphatic rings.